The molecule has 0 aromatic heterocycles. The van der Waals surface area contributed by atoms with Gasteiger partial charge in [-0.1, -0.05) is 23.2 Å². The number of benzene rings is 1. The predicted octanol–water partition coefficient (Wildman–Crippen LogP) is 4.02. The first-order valence-corrected chi connectivity index (χ1v) is 7.28. The van der Waals surface area contributed by atoms with Crippen LogP contribution in [0.15, 0.2) is 12.1 Å². The van der Waals surface area contributed by atoms with E-state index in [1.54, 1.807) is 13.8 Å². The van der Waals surface area contributed by atoms with Gasteiger partial charge in [-0.15, -0.1) is 0 Å². The third-order valence-corrected chi connectivity index (χ3v) is 4.52. The minimum atomic E-state index is -3.48. The monoisotopic (exact) mass is 300 g/mol. The van der Waals surface area contributed by atoms with Crippen molar-refractivity contribution in [3.05, 3.63) is 28.0 Å². The number of hydrogen-bond donors (Lipinski definition) is 0. The van der Waals surface area contributed by atoms with Crippen molar-refractivity contribution in [2.75, 3.05) is 13.2 Å². The molecule has 17 heavy (non-hydrogen) atoms. The molecular weight excluding hydrogens is 289 g/mol. The van der Waals surface area contributed by atoms with Crippen LogP contribution in [0.4, 0.5) is 4.39 Å². The fourth-order valence-corrected chi connectivity index (χ4v) is 3.49. The van der Waals surface area contributed by atoms with Crippen LogP contribution in [0.5, 0.6) is 0 Å². The van der Waals surface area contributed by atoms with Gasteiger partial charge in [-0.3, -0.25) is 4.57 Å². The Morgan fingerprint density at radius 2 is 1.59 bits per heavy atom. The van der Waals surface area contributed by atoms with Gasteiger partial charge in [-0.25, -0.2) is 4.39 Å². The highest BCUT2D eigenvalue weighted by Gasteiger charge is 2.28. The average Bonchev–Trinajstić information content (AvgIpc) is 2.26. The molecule has 0 aliphatic carbocycles. The zero-order valence-corrected chi connectivity index (χ0v) is 11.8. The maximum absolute atomic E-state index is 13.2. The van der Waals surface area contributed by atoms with Crippen molar-refractivity contribution in [1.82, 2.24) is 0 Å². The van der Waals surface area contributed by atoms with Crippen molar-refractivity contribution in [3.63, 3.8) is 0 Å². The summed E-state index contributed by atoms with van der Waals surface area (Å²) in [4.78, 5) is 0. The van der Waals surface area contributed by atoms with Crippen molar-refractivity contribution in [1.29, 1.82) is 0 Å². The van der Waals surface area contributed by atoms with Crippen LogP contribution < -0.4 is 5.30 Å². The molecule has 0 aliphatic heterocycles. The molecule has 0 bridgehead atoms. The van der Waals surface area contributed by atoms with E-state index in [0.717, 1.165) is 0 Å². The predicted molar refractivity (Wildman–Crippen MR) is 66.9 cm³/mol. The quantitative estimate of drug-likeness (QED) is 0.608. The van der Waals surface area contributed by atoms with Gasteiger partial charge < -0.3 is 9.05 Å². The van der Waals surface area contributed by atoms with Crippen LogP contribution in [0.1, 0.15) is 13.8 Å². The third-order valence-electron chi connectivity index (χ3n) is 1.88. The fourth-order valence-electron chi connectivity index (χ4n) is 1.23. The fraction of sp³-hybridized carbons (Fsp3) is 0.400. The van der Waals surface area contributed by atoms with Gasteiger partial charge in [0.2, 0.25) is 0 Å². The highest BCUT2D eigenvalue weighted by atomic mass is 35.5. The Kier molecular flexibility index (Phi) is 5.42. The van der Waals surface area contributed by atoms with Gasteiger partial charge in [-0.2, -0.15) is 0 Å². The molecule has 0 spiro atoms. The summed E-state index contributed by atoms with van der Waals surface area (Å²) in [7, 11) is -3.48. The van der Waals surface area contributed by atoms with E-state index in [1.165, 1.54) is 12.1 Å². The van der Waals surface area contributed by atoms with E-state index in [1.807, 2.05) is 0 Å². The first-order chi connectivity index (χ1) is 7.94. The minimum Gasteiger partial charge on any atom is -0.305 e. The lowest BCUT2D eigenvalue weighted by Crippen LogP contribution is -2.11. The Labute approximate surface area is 109 Å². The lowest BCUT2D eigenvalue weighted by Gasteiger charge is -2.17. The van der Waals surface area contributed by atoms with Gasteiger partial charge in [0, 0.05) is 0 Å². The first-order valence-electron chi connectivity index (χ1n) is 4.98. The van der Waals surface area contributed by atoms with Crippen LogP contribution in [-0.4, -0.2) is 13.2 Å². The van der Waals surface area contributed by atoms with Crippen molar-refractivity contribution in [2.24, 2.45) is 0 Å². The molecule has 1 aromatic rings. The Bertz CT molecular complexity index is 420. The maximum atomic E-state index is 13.2. The minimum absolute atomic E-state index is 0.151. The molecule has 1 aromatic carbocycles. The summed E-state index contributed by atoms with van der Waals surface area (Å²) in [6, 6.07) is 2.41. The summed E-state index contributed by atoms with van der Waals surface area (Å²) in [6.07, 6.45) is 0. The lowest BCUT2D eigenvalue weighted by atomic mass is 10.3. The molecule has 0 N–H and O–H groups in total. The Balaban J connectivity index is 3.24. The molecule has 1 rings (SSSR count). The van der Waals surface area contributed by atoms with E-state index in [-0.39, 0.29) is 28.6 Å². The molecule has 0 amide bonds. The first kappa shape index (κ1) is 14.9. The third kappa shape index (κ3) is 3.43. The van der Waals surface area contributed by atoms with Gasteiger partial charge in [0.25, 0.3) is 0 Å². The second kappa shape index (κ2) is 6.17. The number of rotatable bonds is 5. The zero-order chi connectivity index (χ0) is 13.1. The van der Waals surface area contributed by atoms with Gasteiger partial charge in [-0.05, 0) is 26.0 Å². The summed E-state index contributed by atoms with van der Waals surface area (Å²) in [5.41, 5.74) is 0. The Morgan fingerprint density at radius 3 is 1.94 bits per heavy atom. The summed E-state index contributed by atoms with van der Waals surface area (Å²) in [5, 5.41) is -0.281. The highest BCUT2D eigenvalue weighted by Crippen LogP contribution is 2.47. The molecule has 0 aliphatic rings. The van der Waals surface area contributed by atoms with Crippen molar-refractivity contribution < 1.29 is 18.0 Å². The molecule has 3 nitrogen and oxygen atoms in total. The average molecular weight is 301 g/mol. The zero-order valence-electron chi connectivity index (χ0n) is 9.37. The van der Waals surface area contributed by atoms with Crippen LogP contribution in [0, 0.1) is 5.82 Å². The normalized spacial score (nSPS) is 11.8. The van der Waals surface area contributed by atoms with Crippen molar-refractivity contribution in [3.8, 4) is 0 Å². The van der Waals surface area contributed by atoms with E-state index in [2.05, 4.69) is 0 Å². The van der Waals surface area contributed by atoms with Crippen LogP contribution >= 0.6 is 30.8 Å². The molecule has 0 atom stereocenters. The molecule has 0 saturated carbocycles. The van der Waals surface area contributed by atoms with Crippen LogP contribution in [0.25, 0.3) is 0 Å². The summed E-state index contributed by atoms with van der Waals surface area (Å²) in [6.45, 7) is 3.75. The molecule has 7 heteroatoms. The van der Waals surface area contributed by atoms with E-state index >= 15 is 0 Å². The second-order valence-electron chi connectivity index (χ2n) is 3.06. The van der Waals surface area contributed by atoms with Crippen molar-refractivity contribution >= 4 is 36.1 Å². The van der Waals surface area contributed by atoms with Crippen LogP contribution in [0.2, 0.25) is 10.0 Å². The Morgan fingerprint density at radius 1 is 1.18 bits per heavy atom. The van der Waals surface area contributed by atoms with Gasteiger partial charge in [0.15, 0.2) is 5.82 Å². The topological polar surface area (TPSA) is 35.5 Å². The van der Waals surface area contributed by atoms with Gasteiger partial charge in [0.1, 0.15) is 0 Å². The maximum Gasteiger partial charge on any atom is 0.361 e. The van der Waals surface area contributed by atoms with Crippen LogP contribution in [0.3, 0.4) is 0 Å². The van der Waals surface area contributed by atoms with Gasteiger partial charge in [0.05, 0.1) is 28.6 Å². The number of halogens is 3. The van der Waals surface area contributed by atoms with E-state index in [0.29, 0.717) is 0 Å². The second-order valence-corrected chi connectivity index (χ2v) is 5.90. The molecule has 0 unspecified atom stereocenters. The van der Waals surface area contributed by atoms with E-state index < -0.39 is 13.4 Å². The lowest BCUT2D eigenvalue weighted by molar-refractivity contribution is 0.230. The molecule has 0 radical (unpaired) electrons. The molecule has 0 saturated heterocycles. The highest BCUT2D eigenvalue weighted by molar-refractivity contribution is 7.62. The summed E-state index contributed by atoms with van der Waals surface area (Å²) in [5.74, 6) is -0.753. The van der Waals surface area contributed by atoms with Crippen molar-refractivity contribution in [2.45, 2.75) is 13.8 Å². The smallest absolute Gasteiger partial charge is 0.305 e. The Hall–Kier alpha value is -0.120. The van der Waals surface area contributed by atoms with Crippen LogP contribution in [-0.2, 0) is 13.6 Å². The molecule has 96 valence electrons. The number of hydrogen-bond acceptors (Lipinski definition) is 3. The largest absolute Gasteiger partial charge is 0.361 e. The SMILES string of the molecule is CCOP(=O)(OCC)c1cc(Cl)c(F)c(Cl)c1. The standard InChI is InChI=1S/C10H12Cl2FO3P/c1-3-15-17(14,16-4-2)7-5-8(11)10(13)9(12)6-7/h5-6H,3-4H2,1-2H3. The van der Waals surface area contributed by atoms with E-state index in [4.69, 9.17) is 32.2 Å². The van der Waals surface area contributed by atoms with Gasteiger partial charge >= 0.3 is 7.60 Å². The summed E-state index contributed by atoms with van der Waals surface area (Å²) >= 11 is 11.3. The molecule has 0 fully saturated rings. The van der Waals surface area contributed by atoms with E-state index in [9.17, 15) is 8.96 Å². The summed E-state index contributed by atoms with van der Waals surface area (Å²) < 4.78 is 35.8. The molecule has 0 heterocycles. The molecular formula is C10H12Cl2FO3P.